The summed E-state index contributed by atoms with van der Waals surface area (Å²) in [6.45, 7) is 7.95. The summed E-state index contributed by atoms with van der Waals surface area (Å²) in [6.07, 6.45) is 4.67. The molecule has 5 heteroatoms. The molecule has 1 heterocycles. The van der Waals surface area contributed by atoms with Crippen molar-refractivity contribution in [3.63, 3.8) is 0 Å². The van der Waals surface area contributed by atoms with Gasteiger partial charge in [-0.2, -0.15) is 0 Å². The molecule has 2 aliphatic carbocycles. The van der Waals surface area contributed by atoms with Crippen LogP contribution in [0.4, 0.5) is 0 Å². The summed E-state index contributed by atoms with van der Waals surface area (Å²) in [5.41, 5.74) is 1.78. The summed E-state index contributed by atoms with van der Waals surface area (Å²) in [6, 6.07) is 0. The molecule has 0 aromatic carbocycles. The normalized spacial score (nSPS) is 36.7. The van der Waals surface area contributed by atoms with E-state index in [9.17, 15) is 0 Å². The lowest BCUT2D eigenvalue weighted by Crippen LogP contribution is -2.53. The molecule has 3 rings (SSSR count). The Labute approximate surface area is 110 Å². The first-order chi connectivity index (χ1) is 8.70. The van der Waals surface area contributed by atoms with E-state index in [1.54, 1.807) is 0 Å². The van der Waals surface area contributed by atoms with Crippen LogP contribution in [0.5, 0.6) is 0 Å². The van der Waals surface area contributed by atoms with Gasteiger partial charge in [0.25, 0.3) is 0 Å². The second kappa shape index (κ2) is 4.42. The summed E-state index contributed by atoms with van der Waals surface area (Å²) >= 11 is 0. The lowest BCUT2D eigenvalue weighted by molar-refractivity contribution is 0.0530. The van der Waals surface area contributed by atoms with Crippen molar-refractivity contribution >= 4 is 8.80 Å². The lowest BCUT2D eigenvalue weighted by atomic mass is 10.1. The first kappa shape index (κ1) is 12.8. The summed E-state index contributed by atoms with van der Waals surface area (Å²) in [5.74, 6) is 0. The molecule has 1 spiro atoms. The first-order valence-corrected chi connectivity index (χ1v) is 8.80. The third kappa shape index (κ3) is 1.65. The highest BCUT2D eigenvalue weighted by molar-refractivity contribution is 6.63. The maximum Gasteiger partial charge on any atom is 0.507 e. The van der Waals surface area contributed by atoms with E-state index in [0.717, 1.165) is 12.8 Å². The Kier molecular flexibility index (Phi) is 3.15. The molecule has 0 radical (unpaired) electrons. The summed E-state index contributed by atoms with van der Waals surface area (Å²) < 4.78 is 24.0. The maximum atomic E-state index is 6.03. The Morgan fingerprint density at radius 2 is 1.83 bits per heavy atom. The van der Waals surface area contributed by atoms with Crippen LogP contribution in [0.15, 0.2) is 11.6 Å². The van der Waals surface area contributed by atoms with Crippen molar-refractivity contribution in [2.45, 2.75) is 50.9 Å². The predicted molar refractivity (Wildman–Crippen MR) is 69.3 cm³/mol. The molecule has 2 bridgehead atoms. The molecule has 1 saturated carbocycles. The van der Waals surface area contributed by atoms with E-state index in [2.05, 4.69) is 6.08 Å². The SMILES string of the molecule is CCO[Si](OCC)(OCC)C1CC2=CC3OC31C2. The van der Waals surface area contributed by atoms with Crippen molar-refractivity contribution < 1.29 is 18.0 Å². The molecule has 3 atom stereocenters. The van der Waals surface area contributed by atoms with Crippen molar-refractivity contribution in [3.05, 3.63) is 11.6 Å². The zero-order chi connectivity index (χ0) is 12.8. The average Bonchev–Trinajstić information content (AvgIpc) is 2.76. The topological polar surface area (TPSA) is 40.2 Å². The van der Waals surface area contributed by atoms with Gasteiger partial charge < -0.3 is 18.0 Å². The minimum absolute atomic E-state index is 0.0267. The predicted octanol–water partition coefficient (Wildman–Crippen LogP) is 2.28. The number of rotatable bonds is 7. The molecule has 4 nitrogen and oxygen atoms in total. The second-order valence-corrected chi connectivity index (χ2v) is 7.92. The largest absolute Gasteiger partial charge is 0.507 e. The minimum Gasteiger partial charge on any atom is -0.374 e. The van der Waals surface area contributed by atoms with Crippen molar-refractivity contribution in [2.75, 3.05) is 19.8 Å². The summed E-state index contributed by atoms with van der Waals surface area (Å²) in [4.78, 5) is 0. The van der Waals surface area contributed by atoms with Crippen LogP contribution in [0.2, 0.25) is 5.54 Å². The smallest absolute Gasteiger partial charge is 0.374 e. The molecule has 0 aromatic heterocycles. The maximum absolute atomic E-state index is 6.03. The molecule has 3 unspecified atom stereocenters. The van der Waals surface area contributed by atoms with E-state index in [4.69, 9.17) is 18.0 Å². The van der Waals surface area contributed by atoms with Crippen LogP contribution in [-0.2, 0) is 18.0 Å². The molecule has 1 aliphatic heterocycles. The van der Waals surface area contributed by atoms with Gasteiger partial charge in [-0.3, -0.25) is 0 Å². The number of hydrogen-bond acceptors (Lipinski definition) is 4. The highest BCUT2D eigenvalue weighted by atomic mass is 28.4. The molecule has 0 amide bonds. The Hall–Kier alpha value is -0.203. The van der Waals surface area contributed by atoms with E-state index >= 15 is 0 Å². The van der Waals surface area contributed by atoms with Crippen molar-refractivity contribution in [1.82, 2.24) is 0 Å². The lowest BCUT2D eigenvalue weighted by Gasteiger charge is -2.35. The third-order valence-electron chi connectivity index (χ3n) is 4.18. The van der Waals surface area contributed by atoms with Gasteiger partial charge in [-0.15, -0.1) is 0 Å². The second-order valence-electron chi connectivity index (χ2n) is 5.15. The number of hydrogen-bond donors (Lipinski definition) is 0. The van der Waals surface area contributed by atoms with Gasteiger partial charge in [0.2, 0.25) is 0 Å². The summed E-state index contributed by atoms with van der Waals surface area (Å²) in [5, 5.41) is 0. The van der Waals surface area contributed by atoms with Crippen LogP contribution in [0, 0.1) is 0 Å². The fraction of sp³-hybridized carbons (Fsp3) is 0.846. The van der Waals surface area contributed by atoms with Gasteiger partial charge in [-0.25, -0.2) is 0 Å². The van der Waals surface area contributed by atoms with Gasteiger partial charge in [0.05, 0.1) is 5.54 Å². The Bertz CT molecular complexity index is 353. The molecule has 0 N–H and O–H groups in total. The quantitative estimate of drug-likeness (QED) is 0.404. The van der Waals surface area contributed by atoms with E-state index in [0.29, 0.717) is 31.5 Å². The number of epoxide rings is 1. The molecular formula is C13H22O4Si. The van der Waals surface area contributed by atoms with Crippen molar-refractivity contribution in [1.29, 1.82) is 0 Å². The molecular weight excluding hydrogens is 248 g/mol. The van der Waals surface area contributed by atoms with Crippen LogP contribution in [0.1, 0.15) is 33.6 Å². The summed E-state index contributed by atoms with van der Waals surface area (Å²) in [7, 11) is -2.61. The molecule has 18 heavy (non-hydrogen) atoms. The molecule has 3 aliphatic rings. The van der Waals surface area contributed by atoms with E-state index in [-0.39, 0.29) is 5.60 Å². The van der Waals surface area contributed by atoms with Gasteiger partial charge in [0, 0.05) is 26.2 Å². The van der Waals surface area contributed by atoms with Gasteiger partial charge in [0.1, 0.15) is 11.7 Å². The van der Waals surface area contributed by atoms with E-state index in [1.807, 2.05) is 20.8 Å². The number of fused-ring (bicyclic) bond motifs is 1. The van der Waals surface area contributed by atoms with E-state index < -0.39 is 8.80 Å². The molecule has 2 fully saturated rings. The van der Waals surface area contributed by atoms with Gasteiger partial charge >= 0.3 is 8.80 Å². The zero-order valence-corrected chi connectivity index (χ0v) is 12.4. The van der Waals surface area contributed by atoms with Crippen molar-refractivity contribution in [3.8, 4) is 0 Å². The molecule has 1 saturated heterocycles. The van der Waals surface area contributed by atoms with Crippen LogP contribution < -0.4 is 0 Å². The minimum atomic E-state index is -2.61. The van der Waals surface area contributed by atoms with Crippen LogP contribution in [0.25, 0.3) is 0 Å². The van der Waals surface area contributed by atoms with Gasteiger partial charge in [-0.05, 0) is 27.2 Å². The average molecular weight is 270 g/mol. The van der Waals surface area contributed by atoms with Crippen LogP contribution >= 0.6 is 0 Å². The van der Waals surface area contributed by atoms with Crippen LogP contribution in [0.3, 0.4) is 0 Å². The molecule has 102 valence electrons. The highest BCUT2D eigenvalue weighted by Crippen LogP contribution is 2.67. The van der Waals surface area contributed by atoms with Gasteiger partial charge in [-0.1, -0.05) is 11.6 Å². The Morgan fingerprint density at radius 1 is 1.22 bits per heavy atom. The number of ether oxygens (including phenoxy) is 1. The first-order valence-electron chi connectivity index (χ1n) is 7.00. The monoisotopic (exact) mass is 270 g/mol. The van der Waals surface area contributed by atoms with Crippen molar-refractivity contribution in [2.24, 2.45) is 0 Å². The van der Waals surface area contributed by atoms with E-state index in [1.165, 1.54) is 5.57 Å². The standard InChI is InChI=1S/C13H22O4Si/c1-4-14-18(15-5-2,16-6-3)12-8-10-7-11-13(12,9-10)17-11/h7,11-12H,4-6,8-9H2,1-3H3. The Morgan fingerprint density at radius 3 is 2.28 bits per heavy atom. The highest BCUT2D eigenvalue weighted by Gasteiger charge is 2.75. The fourth-order valence-electron chi connectivity index (χ4n) is 3.58. The zero-order valence-electron chi connectivity index (χ0n) is 11.4. The third-order valence-corrected chi connectivity index (χ3v) is 7.80. The van der Waals surface area contributed by atoms with Crippen LogP contribution in [-0.4, -0.2) is 40.3 Å². The van der Waals surface area contributed by atoms with Gasteiger partial charge in [0.15, 0.2) is 0 Å². The fourth-order valence-corrected chi connectivity index (χ4v) is 7.09. The Balaban J connectivity index is 1.86. The molecule has 0 aromatic rings.